The average molecular weight is 378 g/mol. The smallest absolute Gasteiger partial charge is 0.322 e. The van der Waals surface area contributed by atoms with Crippen LogP contribution in [0.25, 0.3) is 11.0 Å². The number of likely N-dealkylation sites (tertiary alicyclic amines) is 1. The number of rotatable bonds is 4. The number of benzene rings is 2. The van der Waals surface area contributed by atoms with Crippen LogP contribution in [0.1, 0.15) is 35.2 Å². The first kappa shape index (κ1) is 18.5. The SMILES string of the molecule is Cn1c(=O)n(C)c2cc(NC(=O)c3ccc(CN4CCCCC4)cc3)ccc21. The lowest BCUT2D eigenvalue weighted by molar-refractivity contribution is 0.102. The van der Waals surface area contributed by atoms with Crippen molar-refractivity contribution in [2.45, 2.75) is 25.8 Å². The second-order valence-electron chi connectivity index (χ2n) is 7.59. The fourth-order valence-electron chi connectivity index (χ4n) is 3.93. The quantitative estimate of drug-likeness (QED) is 0.759. The van der Waals surface area contributed by atoms with E-state index in [4.69, 9.17) is 0 Å². The molecular weight excluding hydrogens is 352 g/mol. The molecule has 0 bridgehead atoms. The van der Waals surface area contributed by atoms with Crippen LogP contribution in [0.5, 0.6) is 0 Å². The normalized spacial score (nSPS) is 15.1. The maximum Gasteiger partial charge on any atom is 0.328 e. The summed E-state index contributed by atoms with van der Waals surface area (Å²) in [6, 6.07) is 13.3. The summed E-state index contributed by atoms with van der Waals surface area (Å²) in [6.45, 7) is 3.26. The summed E-state index contributed by atoms with van der Waals surface area (Å²) in [5.74, 6) is -0.148. The maximum atomic E-state index is 12.6. The number of imidazole rings is 1. The second kappa shape index (κ2) is 7.64. The molecule has 1 saturated heterocycles. The van der Waals surface area contributed by atoms with Gasteiger partial charge in [-0.2, -0.15) is 0 Å². The Morgan fingerprint density at radius 3 is 2.32 bits per heavy atom. The number of fused-ring (bicyclic) bond motifs is 1. The first-order valence-corrected chi connectivity index (χ1v) is 9.81. The lowest BCUT2D eigenvalue weighted by atomic mass is 10.1. The van der Waals surface area contributed by atoms with Crippen molar-refractivity contribution in [1.29, 1.82) is 0 Å². The molecule has 1 aliphatic heterocycles. The van der Waals surface area contributed by atoms with Crippen molar-refractivity contribution < 1.29 is 4.79 Å². The van der Waals surface area contributed by atoms with Crippen molar-refractivity contribution in [2.24, 2.45) is 14.1 Å². The number of carbonyl (C=O) groups excluding carboxylic acids is 1. The van der Waals surface area contributed by atoms with Gasteiger partial charge in [0.15, 0.2) is 0 Å². The molecule has 3 aromatic rings. The van der Waals surface area contributed by atoms with Crippen LogP contribution in [0.15, 0.2) is 47.3 Å². The predicted octanol–water partition coefficient (Wildman–Crippen LogP) is 3.12. The van der Waals surface area contributed by atoms with Crippen molar-refractivity contribution in [1.82, 2.24) is 14.0 Å². The predicted molar refractivity (Wildman–Crippen MR) is 112 cm³/mol. The van der Waals surface area contributed by atoms with Crippen molar-refractivity contribution in [3.8, 4) is 0 Å². The molecule has 4 rings (SSSR count). The number of aromatic nitrogens is 2. The van der Waals surface area contributed by atoms with E-state index in [-0.39, 0.29) is 11.6 Å². The van der Waals surface area contributed by atoms with Crippen LogP contribution in [0.4, 0.5) is 5.69 Å². The third kappa shape index (κ3) is 3.60. The number of hydrogen-bond acceptors (Lipinski definition) is 3. The van der Waals surface area contributed by atoms with E-state index in [1.54, 1.807) is 23.2 Å². The topological polar surface area (TPSA) is 59.3 Å². The molecule has 0 saturated carbocycles. The van der Waals surface area contributed by atoms with Crippen LogP contribution in [0, 0.1) is 0 Å². The van der Waals surface area contributed by atoms with Gasteiger partial charge in [-0.25, -0.2) is 4.79 Å². The van der Waals surface area contributed by atoms with E-state index < -0.39 is 0 Å². The zero-order valence-corrected chi connectivity index (χ0v) is 16.4. The number of amides is 1. The monoisotopic (exact) mass is 378 g/mol. The summed E-state index contributed by atoms with van der Waals surface area (Å²) in [5.41, 5.74) is 4.09. The highest BCUT2D eigenvalue weighted by Crippen LogP contribution is 2.19. The van der Waals surface area contributed by atoms with E-state index in [2.05, 4.69) is 10.2 Å². The summed E-state index contributed by atoms with van der Waals surface area (Å²) in [5, 5.41) is 2.93. The minimum atomic E-state index is -0.148. The van der Waals surface area contributed by atoms with Gasteiger partial charge in [-0.1, -0.05) is 18.6 Å². The summed E-state index contributed by atoms with van der Waals surface area (Å²) in [6.07, 6.45) is 3.88. The third-order valence-corrected chi connectivity index (χ3v) is 5.60. The van der Waals surface area contributed by atoms with Gasteiger partial charge < -0.3 is 5.32 Å². The van der Waals surface area contributed by atoms with Crippen LogP contribution < -0.4 is 11.0 Å². The third-order valence-electron chi connectivity index (χ3n) is 5.60. The highest BCUT2D eigenvalue weighted by atomic mass is 16.2. The number of nitrogens with one attached hydrogen (secondary N) is 1. The molecule has 1 amide bonds. The van der Waals surface area contributed by atoms with Crippen LogP contribution in [0.2, 0.25) is 0 Å². The van der Waals surface area contributed by atoms with Crippen LogP contribution >= 0.6 is 0 Å². The Kier molecular flexibility index (Phi) is 5.05. The number of aryl methyl sites for hydroxylation is 2. The highest BCUT2D eigenvalue weighted by Gasteiger charge is 2.13. The van der Waals surface area contributed by atoms with Gasteiger partial charge in [0.05, 0.1) is 11.0 Å². The first-order valence-electron chi connectivity index (χ1n) is 9.81. The molecule has 1 N–H and O–H groups in total. The van der Waals surface area contributed by atoms with Crippen LogP contribution in [-0.4, -0.2) is 33.0 Å². The minimum absolute atomic E-state index is 0.0808. The summed E-state index contributed by atoms with van der Waals surface area (Å²) in [7, 11) is 3.48. The molecular formula is C22H26N4O2. The Balaban J connectivity index is 1.46. The van der Waals surface area contributed by atoms with Gasteiger partial charge in [0.25, 0.3) is 5.91 Å². The molecule has 28 heavy (non-hydrogen) atoms. The number of hydrogen-bond donors (Lipinski definition) is 1. The number of nitrogens with zero attached hydrogens (tertiary/aromatic N) is 3. The largest absolute Gasteiger partial charge is 0.328 e. The van der Waals surface area contributed by atoms with Gasteiger partial charge in [0.1, 0.15) is 0 Å². The maximum absolute atomic E-state index is 12.6. The van der Waals surface area contributed by atoms with Gasteiger partial charge in [-0.3, -0.25) is 18.8 Å². The van der Waals surface area contributed by atoms with E-state index in [0.29, 0.717) is 11.3 Å². The molecule has 0 atom stereocenters. The number of anilines is 1. The zero-order chi connectivity index (χ0) is 19.7. The Labute approximate surface area is 164 Å². The lowest BCUT2D eigenvalue weighted by Gasteiger charge is -2.26. The summed E-state index contributed by atoms with van der Waals surface area (Å²) < 4.78 is 3.18. The van der Waals surface area contributed by atoms with Crippen molar-refractivity contribution >= 4 is 22.6 Å². The summed E-state index contributed by atoms with van der Waals surface area (Å²) >= 11 is 0. The molecule has 0 spiro atoms. The average Bonchev–Trinajstić information content (AvgIpc) is 2.93. The van der Waals surface area contributed by atoms with E-state index in [1.807, 2.05) is 42.5 Å². The molecule has 6 heteroatoms. The van der Waals surface area contributed by atoms with Crippen molar-refractivity contribution in [3.63, 3.8) is 0 Å². The number of carbonyl (C=O) groups is 1. The Morgan fingerprint density at radius 1 is 0.929 bits per heavy atom. The zero-order valence-electron chi connectivity index (χ0n) is 16.4. The Morgan fingerprint density at radius 2 is 1.61 bits per heavy atom. The van der Waals surface area contributed by atoms with Gasteiger partial charge >= 0.3 is 5.69 Å². The summed E-state index contributed by atoms with van der Waals surface area (Å²) in [4.78, 5) is 27.1. The minimum Gasteiger partial charge on any atom is -0.322 e. The molecule has 0 radical (unpaired) electrons. The highest BCUT2D eigenvalue weighted by molar-refractivity contribution is 6.05. The van der Waals surface area contributed by atoms with Crippen LogP contribution in [0.3, 0.4) is 0 Å². The Hall–Kier alpha value is -2.86. The van der Waals surface area contributed by atoms with E-state index in [1.165, 1.54) is 24.8 Å². The molecule has 1 fully saturated rings. The van der Waals surface area contributed by atoms with Gasteiger partial charge in [0.2, 0.25) is 0 Å². The fraction of sp³-hybridized carbons (Fsp3) is 0.364. The standard InChI is InChI=1S/C22H26N4O2/c1-24-19-11-10-18(14-20(19)25(2)22(24)28)23-21(27)17-8-6-16(7-9-17)15-26-12-4-3-5-13-26/h6-11,14H,3-5,12-13,15H2,1-2H3,(H,23,27). The fourth-order valence-corrected chi connectivity index (χ4v) is 3.93. The van der Waals surface area contributed by atoms with Crippen LogP contribution in [-0.2, 0) is 20.6 Å². The van der Waals surface area contributed by atoms with E-state index in [0.717, 1.165) is 30.7 Å². The molecule has 0 unspecified atom stereocenters. The van der Waals surface area contributed by atoms with E-state index >= 15 is 0 Å². The molecule has 2 heterocycles. The number of piperidine rings is 1. The molecule has 1 aromatic heterocycles. The van der Waals surface area contributed by atoms with Gasteiger partial charge in [0, 0.05) is 31.9 Å². The van der Waals surface area contributed by atoms with Crippen molar-refractivity contribution in [3.05, 3.63) is 64.1 Å². The van der Waals surface area contributed by atoms with E-state index in [9.17, 15) is 9.59 Å². The van der Waals surface area contributed by atoms with Gasteiger partial charge in [-0.05, 0) is 61.8 Å². The second-order valence-corrected chi connectivity index (χ2v) is 7.59. The first-order chi connectivity index (χ1) is 13.5. The van der Waals surface area contributed by atoms with Crippen molar-refractivity contribution in [2.75, 3.05) is 18.4 Å². The molecule has 0 aliphatic carbocycles. The Bertz CT molecular complexity index is 1060. The lowest BCUT2D eigenvalue weighted by Crippen LogP contribution is -2.29. The molecule has 6 nitrogen and oxygen atoms in total. The molecule has 146 valence electrons. The molecule has 1 aliphatic rings. The van der Waals surface area contributed by atoms with Gasteiger partial charge in [-0.15, -0.1) is 0 Å². The molecule has 2 aromatic carbocycles.